The average Bonchev–Trinajstić information content (AvgIpc) is 3.32. The molecule has 1 N–H and O–H groups in total. The second-order valence-electron chi connectivity index (χ2n) is 7.46. The molecule has 0 radical (unpaired) electrons. The summed E-state index contributed by atoms with van der Waals surface area (Å²) in [6.07, 6.45) is 5.63. The second-order valence-corrected chi connectivity index (χ2v) is 7.46. The summed E-state index contributed by atoms with van der Waals surface area (Å²) in [7, 11) is 0. The maximum absolute atomic E-state index is 12.8. The Kier molecular flexibility index (Phi) is 2.59. The molecule has 4 aliphatic carbocycles. The lowest BCUT2D eigenvalue weighted by Crippen LogP contribution is -2.40. The van der Waals surface area contributed by atoms with Gasteiger partial charge in [0.15, 0.2) is 0 Å². The number of benzene rings is 1. The number of likely N-dealkylation sites (tertiary alicyclic amines) is 1. The molecule has 4 nitrogen and oxygen atoms in total. The molecule has 2 amide bonds. The van der Waals surface area contributed by atoms with E-state index in [0.29, 0.717) is 23.7 Å². The molecule has 0 unspecified atom stereocenters. The highest BCUT2D eigenvalue weighted by atomic mass is 16.2. The Morgan fingerprint density at radius 3 is 2.35 bits per heavy atom. The molecule has 0 spiro atoms. The minimum absolute atomic E-state index is 0.0323. The molecule has 1 aliphatic heterocycles. The zero-order chi connectivity index (χ0) is 15.7. The van der Waals surface area contributed by atoms with Crippen molar-refractivity contribution in [1.82, 2.24) is 4.90 Å². The number of hydrogen-bond donors (Lipinski definition) is 1. The van der Waals surface area contributed by atoms with Crippen molar-refractivity contribution in [3.63, 3.8) is 0 Å². The van der Waals surface area contributed by atoms with E-state index in [1.54, 1.807) is 0 Å². The third-order valence-corrected chi connectivity index (χ3v) is 6.21. The maximum Gasteiger partial charge on any atom is 0.235 e. The first kappa shape index (κ1) is 13.3. The van der Waals surface area contributed by atoms with Crippen LogP contribution in [0, 0.1) is 42.4 Å². The third kappa shape index (κ3) is 1.78. The van der Waals surface area contributed by atoms with Gasteiger partial charge in [-0.2, -0.15) is 0 Å². The second kappa shape index (κ2) is 4.47. The van der Waals surface area contributed by atoms with Gasteiger partial charge < -0.3 is 5.32 Å². The Hall–Kier alpha value is -2.10. The van der Waals surface area contributed by atoms with E-state index in [0.717, 1.165) is 11.3 Å². The van der Waals surface area contributed by atoms with Gasteiger partial charge in [0.05, 0.1) is 18.5 Å². The largest absolute Gasteiger partial charge is 0.367 e. The minimum atomic E-state index is -0.0967. The fourth-order valence-corrected chi connectivity index (χ4v) is 5.10. The van der Waals surface area contributed by atoms with Gasteiger partial charge in [0, 0.05) is 5.69 Å². The van der Waals surface area contributed by atoms with E-state index in [9.17, 15) is 9.59 Å². The molecular formula is C19H20N2O2. The molecule has 2 saturated carbocycles. The van der Waals surface area contributed by atoms with Gasteiger partial charge in [-0.15, -0.1) is 0 Å². The molecule has 6 rings (SSSR count). The zero-order valence-corrected chi connectivity index (χ0v) is 13.1. The quantitative estimate of drug-likeness (QED) is 0.689. The van der Waals surface area contributed by atoms with Gasteiger partial charge >= 0.3 is 0 Å². The minimum Gasteiger partial charge on any atom is -0.367 e. The van der Waals surface area contributed by atoms with Gasteiger partial charge in [0.25, 0.3) is 0 Å². The number of nitrogens with one attached hydrogen (secondary N) is 1. The Morgan fingerprint density at radius 2 is 1.74 bits per heavy atom. The molecular weight excluding hydrogens is 288 g/mol. The van der Waals surface area contributed by atoms with Gasteiger partial charge in [0.1, 0.15) is 0 Å². The topological polar surface area (TPSA) is 49.4 Å². The van der Waals surface area contributed by atoms with Crippen molar-refractivity contribution >= 4 is 17.5 Å². The van der Waals surface area contributed by atoms with Crippen LogP contribution in [0.4, 0.5) is 5.69 Å². The van der Waals surface area contributed by atoms with Crippen molar-refractivity contribution in [3.8, 4) is 0 Å². The van der Waals surface area contributed by atoms with Crippen LogP contribution in [0.15, 0.2) is 36.4 Å². The predicted molar refractivity (Wildman–Crippen MR) is 86.2 cm³/mol. The number of imide groups is 1. The normalized spacial score (nSPS) is 39.4. The number of carbonyl (C=O) groups excluding carboxylic acids is 2. The molecule has 0 aromatic heterocycles. The Bertz CT molecular complexity index is 705. The lowest BCUT2D eigenvalue weighted by Gasteiger charge is -2.37. The van der Waals surface area contributed by atoms with Crippen molar-refractivity contribution in [2.75, 3.05) is 12.0 Å². The molecule has 23 heavy (non-hydrogen) atoms. The lowest BCUT2D eigenvalue weighted by atomic mass is 9.63. The smallest absolute Gasteiger partial charge is 0.235 e. The summed E-state index contributed by atoms with van der Waals surface area (Å²) in [6, 6.07) is 7.99. The molecule has 1 heterocycles. The van der Waals surface area contributed by atoms with E-state index in [-0.39, 0.29) is 30.3 Å². The maximum atomic E-state index is 12.8. The van der Waals surface area contributed by atoms with Gasteiger partial charge in [-0.05, 0) is 54.7 Å². The SMILES string of the molecule is Cc1cccc(NCN2C(=O)[C@H]3[C@@H]4C=C[C@@H]([C@H]5C[C@H]45)[C@@H]3C2=O)c1. The van der Waals surface area contributed by atoms with Crippen LogP contribution >= 0.6 is 0 Å². The van der Waals surface area contributed by atoms with Crippen LogP contribution in [-0.4, -0.2) is 23.4 Å². The lowest BCUT2D eigenvalue weighted by molar-refractivity contribution is -0.139. The molecule has 4 heteroatoms. The number of allylic oxidation sites excluding steroid dienone is 2. The van der Waals surface area contributed by atoms with Crippen molar-refractivity contribution in [2.45, 2.75) is 13.3 Å². The number of anilines is 1. The summed E-state index contributed by atoms with van der Waals surface area (Å²) in [5.41, 5.74) is 2.11. The Balaban J connectivity index is 1.37. The molecule has 1 aromatic rings. The van der Waals surface area contributed by atoms with Crippen molar-refractivity contribution in [2.24, 2.45) is 35.5 Å². The monoisotopic (exact) mass is 308 g/mol. The fourth-order valence-electron chi connectivity index (χ4n) is 5.10. The third-order valence-electron chi connectivity index (χ3n) is 6.21. The summed E-state index contributed by atoms with van der Waals surface area (Å²) in [4.78, 5) is 27.1. The predicted octanol–water partition coefficient (Wildman–Crippen LogP) is 2.42. The van der Waals surface area contributed by atoms with Gasteiger partial charge in [0.2, 0.25) is 11.8 Å². The number of hydrogen-bond acceptors (Lipinski definition) is 3. The summed E-state index contributed by atoms with van der Waals surface area (Å²) in [5.74, 6) is 1.79. The Labute approximate surface area is 135 Å². The van der Waals surface area contributed by atoms with Crippen LogP contribution in [0.5, 0.6) is 0 Å². The van der Waals surface area contributed by atoms with E-state index in [2.05, 4.69) is 17.5 Å². The fraction of sp³-hybridized carbons (Fsp3) is 0.474. The van der Waals surface area contributed by atoms with Crippen LogP contribution < -0.4 is 5.32 Å². The average molecular weight is 308 g/mol. The van der Waals surface area contributed by atoms with Gasteiger partial charge in [-0.1, -0.05) is 24.3 Å². The molecule has 1 aromatic carbocycles. The summed E-state index contributed by atoms with van der Waals surface area (Å²) >= 11 is 0. The highest BCUT2D eigenvalue weighted by molar-refractivity contribution is 6.06. The molecule has 5 aliphatic rings. The van der Waals surface area contributed by atoms with Crippen molar-refractivity contribution < 1.29 is 9.59 Å². The van der Waals surface area contributed by atoms with Crippen LogP contribution in [0.1, 0.15) is 12.0 Å². The van der Waals surface area contributed by atoms with Gasteiger partial charge in [-0.25, -0.2) is 0 Å². The van der Waals surface area contributed by atoms with Gasteiger partial charge in [-0.3, -0.25) is 14.5 Å². The van der Waals surface area contributed by atoms with E-state index in [1.807, 2.05) is 31.2 Å². The van der Waals surface area contributed by atoms with Crippen LogP contribution in [0.25, 0.3) is 0 Å². The highest BCUT2D eigenvalue weighted by Gasteiger charge is 2.66. The summed E-state index contributed by atoms with van der Waals surface area (Å²) in [6.45, 7) is 2.31. The Morgan fingerprint density at radius 1 is 1.09 bits per heavy atom. The van der Waals surface area contributed by atoms with Crippen LogP contribution in [0.3, 0.4) is 0 Å². The van der Waals surface area contributed by atoms with Crippen molar-refractivity contribution in [3.05, 3.63) is 42.0 Å². The number of nitrogens with zero attached hydrogens (tertiary/aromatic N) is 1. The van der Waals surface area contributed by atoms with E-state index in [1.165, 1.54) is 11.3 Å². The first-order valence-corrected chi connectivity index (χ1v) is 8.49. The van der Waals surface area contributed by atoms with Crippen molar-refractivity contribution in [1.29, 1.82) is 0 Å². The summed E-state index contributed by atoms with van der Waals surface area (Å²) < 4.78 is 0. The van der Waals surface area contributed by atoms with Crippen LogP contribution in [-0.2, 0) is 9.59 Å². The van der Waals surface area contributed by atoms with E-state index in [4.69, 9.17) is 0 Å². The molecule has 3 fully saturated rings. The standard InChI is InChI=1S/C19H20N2O2/c1-10-3-2-4-11(7-10)20-9-21-18(22)16-12-5-6-13(15-8-14(12)15)17(16)19(21)23/h2-7,12-17,20H,8-9H2,1H3/t12-,13+,14-,15-,16+,17+/m1/s1. The molecule has 118 valence electrons. The molecule has 1 saturated heterocycles. The highest BCUT2D eigenvalue weighted by Crippen LogP contribution is 2.65. The number of rotatable bonds is 3. The first-order valence-electron chi connectivity index (χ1n) is 8.49. The molecule has 6 atom stereocenters. The molecule has 2 bridgehead atoms. The summed E-state index contributed by atoms with van der Waals surface area (Å²) in [5, 5.41) is 3.23. The number of carbonyl (C=O) groups is 2. The zero-order valence-electron chi connectivity index (χ0n) is 13.1. The number of aryl methyl sites for hydroxylation is 1. The first-order chi connectivity index (χ1) is 11.1. The van der Waals surface area contributed by atoms with E-state index < -0.39 is 0 Å². The number of amides is 2. The van der Waals surface area contributed by atoms with E-state index >= 15 is 0 Å². The van der Waals surface area contributed by atoms with Crippen LogP contribution in [0.2, 0.25) is 0 Å².